The van der Waals surface area contributed by atoms with Crippen LogP contribution in [0.1, 0.15) is 18.4 Å². The van der Waals surface area contributed by atoms with Crippen molar-refractivity contribution in [2.24, 2.45) is 5.92 Å². The molecule has 1 fully saturated rings. The molecule has 122 valence electrons. The fourth-order valence-corrected chi connectivity index (χ4v) is 2.44. The maximum Gasteiger partial charge on any atom is 0.416 e. The minimum absolute atomic E-state index is 0.271. The number of hydrogen-bond donors (Lipinski definition) is 1. The number of benzene rings is 1. The zero-order valence-electron chi connectivity index (χ0n) is 12.0. The summed E-state index contributed by atoms with van der Waals surface area (Å²) in [6.07, 6.45) is -3.10. The second-order valence-electron chi connectivity index (χ2n) is 5.32. The number of rotatable bonds is 5. The normalized spacial score (nSPS) is 17.4. The predicted molar refractivity (Wildman–Crippen MR) is 73.7 cm³/mol. The number of alkyl halides is 3. The molecular weight excluding hydrogens is 299 g/mol. The molecule has 7 heteroatoms. The van der Waals surface area contributed by atoms with Crippen molar-refractivity contribution in [3.8, 4) is 5.75 Å². The second-order valence-corrected chi connectivity index (χ2v) is 5.32. The van der Waals surface area contributed by atoms with Crippen molar-refractivity contribution in [3.05, 3.63) is 29.8 Å². The van der Waals surface area contributed by atoms with Crippen molar-refractivity contribution in [2.75, 3.05) is 26.2 Å². The molecule has 0 saturated carbocycles. The highest BCUT2D eigenvalue weighted by molar-refractivity contribution is 5.70. The molecule has 0 radical (unpaired) electrons. The van der Waals surface area contributed by atoms with Gasteiger partial charge in [0.1, 0.15) is 12.4 Å². The molecule has 1 N–H and O–H groups in total. The number of halogens is 3. The molecule has 4 nitrogen and oxygen atoms in total. The van der Waals surface area contributed by atoms with Crippen molar-refractivity contribution in [2.45, 2.75) is 19.0 Å². The van der Waals surface area contributed by atoms with Gasteiger partial charge in [0.2, 0.25) is 0 Å². The van der Waals surface area contributed by atoms with Crippen LogP contribution in [-0.2, 0) is 11.0 Å². The summed E-state index contributed by atoms with van der Waals surface area (Å²) in [5.41, 5.74) is -0.699. The summed E-state index contributed by atoms with van der Waals surface area (Å²) in [7, 11) is 0. The summed E-state index contributed by atoms with van der Waals surface area (Å²) in [4.78, 5) is 12.9. The summed E-state index contributed by atoms with van der Waals surface area (Å²) in [5.74, 6) is -0.624. The zero-order chi connectivity index (χ0) is 16.2. The molecule has 0 aliphatic carbocycles. The van der Waals surface area contributed by atoms with E-state index in [0.717, 1.165) is 12.1 Å². The summed E-state index contributed by atoms with van der Waals surface area (Å²) >= 11 is 0. The van der Waals surface area contributed by atoms with Crippen molar-refractivity contribution in [1.82, 2.24) is 4.90 Å². The lowest BCUT2D eigenvalue weighted by molar-refractivity contribution is -0.143. The molecule has 1 heterocycles. The topological polar surface area (TPSA) is 49.8 Å². The molecule has 1 aromatic carbocycles. The Hall–Kier alpha value is -1.76. The predicted octanol–water partition coefficient (Wildman–Crippen LogP) is 2.88. The number of ether oxygens (including phenoxy) is 1. The summed E-state index contributed by atoms with van der Waals surface area (Å²) in [6.45, 7) is 2.40. The third kappa shape index (κ3) is 4.62. The van der Waals surface area contributed by atoms with Crippen LogP contribution in [-0.4, -0.2) is 42.2 Å². The molecule has 0 atom stereocenters. The van der Waals surface area contributed by atoms with E-state index >= 15 is 0 Å². The van der Waals surface area contributed by atoms with Gasteiger partial charge in [0.25, 0.3) is 0 Å². The molecule has 1 aliphatic heterocycles. The maximum atomic E-state index is 12.4. The fourth-order valence-electron chi connectivity index (χ4n) is 2.44. The lowest BCUT2D eigenvalue weighted by Gasteiger charge is -2.29. The molecule has 1 saturated heterocycles. The summed E-state index contributed by atoms with van der Waals surface area (Å²) in [6, 6.07) is 4.60. The minimum Gasteiger partial charge on any atom is -0.492 e. The van der Waals surface area contributed by atoms with Gasteiger partial charge >= 0.3 is 12.1 Å². The number of piperidine rings is 1. The van der Waals surface area contributed by atoms with Crippen molar-refractivity contribution in [1.29, 1.82) is 0 Å². The molecule has 0 bridgehead atoms. The van der Waals surface area contributed by atoms with Gasteiger partial charge in [0.05, 0.1) is 11.5 Å². The minimum atomic E-state index is -4.34. The van der Waals surface area contributed by atoms with E-state index in [2.05, 4.69) is 4.90 Å². The van der Waals surface area contributed by atoms with Crippen LogP contribution in [0.5, 0.6) is 5.75 Å². The number of carbonyl (C=O) groups is 1. The number of carboxylic acids is 1. The summed E-state index contributed by atoms with van der Waals surface area (Å²) in [5, 5.41) is 8.91. The lowest BCUT2D eigenvalue weighted by Crippen LogP contribution is -2.38. The van der Waals surface area contributed by atoms with Crippen LogP contribution in [0.2, 0.25) is 0 Å². The van der Waals surface area contributed by atoms with Gasteiger partial charge in [-0.1, -0.05) is 0 Å². The van der Waals surface area contributed by atoms with Gasteiger partial charge in [-0.2, -0.15) is 13.2 Å². The Morgan fingerprint density at radius 3 is 2.32 bits per heavy atom. The van der Waals surface area contributed by atoms with Crippen molar-refractivity contribution >= 4 is 5.97 Å². The first kappa shape index (κ1) is 16.6. The Morgan fingerprint density at radius 2 is 1.82 bits per heavy atom. The fraction of sp³-hybridized carbons (Fsp3) is 0.533. The Kier molecular flexibility index (Phi) is 5.28. The monoisotopic (exact) mass is 317 g/mol. The highest BCUT2D eigenvalue weighted by Gasteiger charge is 2.30. The molecule has 0 spiro atoms. The van der Waals surface area contributed by atoms with Crippen LogP contribution < -0.4 is 4.74 Å². The standard InChI is InChI=1S/C15H18F3NO3/c16-15(17,18)12-1-3-13(4-2-12)22-10-9-19-7-5-11(6-8-19)14(20)21/h1-4,11H,5-10H2,(H,20,21). The zero-order valence-corrected chi connectivity index (χ0v) is 12.0. The van der Waals surface area contributed by atoms with Crippen molar-refractivity contribution in [3.63, 3.8) is 0 Å². The van der Waals surface area contributed by atoms with Gasteiger partial charge in [-0.15, -0.1) is 0 Å². The van der Waals surface area contributed by atoms with Gasteiger partial charge in [-0.3, -0.25) is 9.69 Å². The first-order chi connectivity index (χ1) is 10.4. The van der Waals surface area contributed by atoms with Crippen LogP contribution in [0.15, 0.2) is 24.3 Å². The van der Waals surface area contributed by atoms with Gasteiger partial charge in [-0.25, -0.2) is 0 Å². The number of carboxylic acid groups (broad SMARTS) is 1. The van der Waals surface area contributed by atoms with Crippen molar-refractivity contribution < 1.29 is 27.8 Å². The van der Waals surface area contributed by atoms with Gasteiger partial charge < -0.3 is 9.84 Å². The number of likely N-dealkylation sites (tertiary alicyclic amines) is 1. The van der Waals surface area contributed by atoms with E-state index in [1.54, 1.807) is 0 Å². The molecule has 1 aliphatic rings. The number of aliphatic carboxylic acids is 1. The average Bonchev–Trinajstić information content (AvgIpc) is 2.47. The lowest BCUT2D eigenvalue weighted by atomic mass is 9.97. The second kappa shape index (κ2) is 7.00. The average molecular weight is 317 g/mol. The molecule has 22 heavy (non-hydrogen) atoms. The quantitative estimate of drug-likeness (QED) is 0.907. The molecular formula is C15H18F3NO3. The van der Waals surface area contributed by atoms with Crippen LogP contribution in [0.25, 0.3) is 0 Å². The highest BCUT2D eigenvalue weighted by Crippen LogP contribution is 2.30. The van der Waals surface area contributed by atoms with Gasteiger partial charge in [0, 0.05) is 6.54 Å². The van der Waals surface area contributed by atoms with Gasteiger partial charge in [-0.05, 0) is 50.2 Å². The van der Waals surface area contributed by atoms with Crippen LogP contribution in [0, 0.1) is 5.92 Å². The van der Waals surface area contributed by atoms with Gasteiger partial charge in [0.15, 0.2) is 0 Å². The summed E-state index contributed by atoms with van der Waals surface area (Å²) < 4.78 is 42.7. The van der Waals surface area contributed by atoms with E-state index in [9.17, 15) is 18.0 Å². The molecule has 1 aromatic rings. The smallest absolute Gasteiger partial charge is 0.416 e. The molecule has 0 amide bonds. The number of nitrogens with zero attached hydrogens (tertiary/aromatic N) is 1. The van der Waals surface area contributed by atoms with Crippen LogP contribution in [0.4, 0.5) is 13.2 Å². The van der Waals surface area contributed by atoms with E-state index in [1.807, 2.05) is 0 Å². The first-order valence-electron chi connectivity index (χ1n) is 7.11. The third-order valence-corrected chi connectivity index (χ3v) is 3.79. The Bertz CT molecular complexity index is 494. The Morgan fingerprint density at radius 1 is 1.23 bits per heavy atom. The van der Waals surface area contributed by atoms with E-state index in [-0.39, 0.29) is 5.92 Å². The Balaban J connectivity index is 1.72. The number of hydrogen-bond acceptors (Lipinski definition) is 3. The van der Waals surface area contributed by atoms with Crippen LogP contribution in [0.3, 0.4) is 0 Å². The van der Waals surface area contributed by atoms with E-state index in [4.69, 9.17) is 9.84 Å². The molecule has 0 aromatic heterocycles. The molecule has 2 rings (SSSR count). The first-order valence-corrected chi connectivity index (χ1v) is 7.11. The van der Waals surface area contributed by atoms with Crippen LogP contribution >= 0.6 is 0 Å². The van der Waals surface area contributed by atoms with E-state index in [1.165, 1.54) is 12.1 Å². The van der Waals surface area contributed by atoms with E-state index < -0.39 is 17.7 Å². The Labute approximate surface area is 126 Å². The highest BCUT2D eigenvalue weighted by atomic mass is 19.4. The third-order valence-electron chi connectivity index (χ3n) is 3.79. The van der Waals surface area contributed by atoms with E-state index in [0.29, 0.717) is 44.8 Å². The maximum absolute atomic E-state index is 12.4. The molecule has 0 unspecified atom stereocenters. The SMILES string of the molecule is O=C(O)C1CCN(CCOc2ccc(C(F)(F)F)cc2)CC1. The largest absolute Gasteiger partial charge is 0.492 e.